The van der Waals surface area contributed by atoms with Gasteiger partial charge in [-0.15, -0.1) is 10.2 Å². The van der Waals surface area contributed by atoms with Crippen molar-refractivity contribution in [2.75, 3.05) is 0 Å². The van der Waals surface area contributed by atoms with Crippen molar-refractivity contribution in [2.45, 2.75) is 10.9 Å². The lowest BCUT2D eigenvalue weighted by Gasteiger charge is -2.07. The molecule has 0 aliphatic heterocycles. The van der Waals surface area contributed by atoms with Crippen LogP contribution >= 0.6 is 35.0 Å². The first-order valence-electron chi connectivity index (χ1n) is 7.94. The van der Waals surface area contributed by atoms with E-state index in [9.17, 15) is 0 Å². The second-order valence-electron chi connectivity index (χ2n) is 5.77. The van der Waals surface area contributed by atoms with E-state index in [0.29, 0.717) is 10.0 Å². The van der Waals surface area contributed by atoms with E-state index < -0.39 is 0 Å². The standard InChI is InChI=1S/C19H14Cl2N4S/c1-25-18(12-4-7-14(20)8-5-12)23-24-19(25)26-11-13-6-9-16(21)15-3-2-10-22-17(13)15/h2-10H,11H2,1H3. The predicted molar refractivity (Wildman–Crippen MR) is 108 cm³/mol. The lowest BCUT2D eigenvalue weighted by atomic mass is 10.1. The highest BCUT2D eigenvalue weighted by atomic mass is 35.5. The van der Waals surface area contributed by atoms with E-state index in [-0.39, 0.29) is 0 Å². The molecule has 0 aliphatic rings. The Hall–Kier alpha value is -2.08. The normalized spacial score (nSPS) is 11.2. The largest absolute Gasteiger partial charge is 0.305 e. The van der Waals surface area contributed by atoms with Crippen molar-refractivity contribution in [2.24, 2.45) is 7.05 Å². The first-order chi connectivity index (χ1) is 12.6. The molecule has 2 aromatic carbocycles. The molecule has 0 N–H and O–H groups in total. The molecule has 0 saturated heterocycles. The fourth-order valence-electron chi connectivity index (χ4n) is 2.75. The van der Waals surface area contributed by atoms with E-state index in [1.54, 1.807) is 18.0 Å². The monoisotopic (exact) mass is 400 g/mol. The van der Waals surface area contributed by atoms with Crippen LogP contribution in [0.2, 0.25) is 10.0 Å². The molecule has 2 heterocycles. The maximum absolute atomic E-state index is 6.27. The van der Waals surface area contributed by atoms with Gasteiger partial charge >= 0.3 is 0 Å². The zero-order valence-electron chi connectivity index (χ0n) is 13.9. The SMILES string of the molecule is Cn1c(SCc2ccc(Cl)c3cccnc23)nnc1-c1ccc(Cl)cc1. The molecule has 130 valence electrons. The molecule has 4 nitrogen and oxygen atoms in total. The van der Waals surface area contributed by atoms with E-state index in [4.69, 9.17) is 23.2 Å². The summed E-state index contributed by atoms with van der Waals surface area (Å²) in [5.41, 5.74) is 3.02. The Morgan fingerprint density at radius 1 is 1.00 bits per heavy atom. The van der Waals surface area contributed by atoms with Gasteiger partial charge in [0.15, 0.2) is 11.0 Å². The summed E-state index contributed by atoms with van der Waals surface area (Å²) in [6.07, 6.45) is 1.79. The van der Waals surface area contributed by atoms with E-state index in [2.05, 4.69) is 15.2 Å². The molecule has 0 atom stereocenters. The molecule has 0 radical (unpaired) electrons. The minimum atomic E-state index is 0.702. The number of pyridine rings is 1. The number of aromatic nitrogens is 4. The van der Waals surface area contributed by atoms with Crippen LogP contribution in [0, 0.1) is 0 Å². The summed E-state index contributed by atoms with van der Waals surface area (Å²) >= 11 is 13.8. The molecular formula is C19H14Cl2N4S. The first kappa shape index (κ1) is 17.3. The quantitative estimate of drug-likeness (QED) is 0.416. The van der Waals surface area contributed by atoms with Crippen LogP contribution in [0.5, 0.6) is 0 Å². The molecule has 0 saturated carbocycles. The van der Waals surface area contributed by atoms with Crippen LogP contribution in [-0.4, -0.2) is 19.7 Å². The Balaban J connectivity index is 1.60. The molecule has 7 heteroatoms. The number of benzene rings is 2. The lowest BCUT2D eigenvalue weighted by Crippen LogP contribution is -1.95. The number of halogens is 2. The third kappa shape index (κ3) is 3.30. The van der Waals surface area contributed by atoms with E-state index in [0.717, 1.165) is 38.8 Å². The second kappa shape index (κ2) is 7.27. The van der Waals surface area contributed by atoms with Crippen LogP contribution in [0.3, 0.4) is 0 Å². The number of nitrogens with zero attached hydrogens (tertiary/aromatic N) is 4. The number of hydrogen-bond donors (Lipinski definition) is 0. The van der Waals surface area contributed by atoms with Crippen molar-refractivity contribution >= 4 is 45.9 Å². The Labute approximate surface area is 165 Å². The van der Waals surface area contributed by atoms with Gasteiger partial charge in [0.25, 0.3) is 0 Å². The van der Waals surface area contributed by atoms with E-state index in [1.165, 1.54) is 0 Å². The molecule has 0 fully saturated rings. The zero-order valence-corrected chi connectivity index (χ0v) is 16.2. The number of fused-ring (bicyclic) bond motifs is 1. The minimum Gasteiger partial charge on any atom is -0.305 e. The molecule has 0 bridgehead atoms. The molecule has 26 heavy (non-hydrogen) atoms. The van der Waals surface area contributed by atoms with E-state index in [1.807, 2.05) is 60.1 Å². The van der Waals surface area contributed by atoms with E-state index >= 15 is 0 Å². The van der Waals surface area contributed by atoms with Gasteiger partial charge < -0.3 is 4.57 Å². The molecule has 2 aromatic heterocycles. The summed E-state index contributed by atoms with van der Waals surface area (Å²) in [4.78, 5) is 4.48. The molecule has 0 aliphatic carbocycles. The fourth-order valence-corrected chi connectivity index (χ4v) is 3.98. The van der Waals surface area contributed by atoms with Crippen molar-refractivity contribution < 1.29 is 0 Å². The molecule has 4 rings (SSSR count). The molecule has 4 aromatic rings. The van der Waals surface area contributed by atoms with Crippen LogP contribution < -0.4 is 0 Å². The Bertz CT molecular complexity index is 1080. The maximum Gasteiger partial charge on any atom is 0.191 e. The highest BCUT2D eigenvalue weighted by Gasteiger charge is 2.13. The summed E-state index contributed by atoms with van der Waals surface area (Å²) in [7, 11) is 1.96. The van der Waals surface area contributed by atoms with Crippen LogP contribution in [-0.2, 0) is 12.8 Å². The van der Waals surface area contributed by atoms with Gasteiger partial charge in [-0.25, -0.2) is 0 Å². The number of hydrogen-bond acceptors (Lipinski definition) is 4. The Morgan fingerprint density at radius 3 is 2.62 bits per heavy atom. The van der Waals surface area contributed by atoms with Crippen molar-refractivity contribution in [3.05, 3.63) is 70.3 Å². The molecular weight excluding hydrogens is 387 g/mol. The topological polar surface area (TPSA) is 43.6 Å². The summed E-state index contributed by atoms with van der Waals surface area (Å²) in [5, 5.41) is 11.9. The molecule has 0 amide bonds. The highest BCUT2D eigenvalue weighted by molar-refractivity contribution is 7.98. The lowest BCUT2D eigenvalue weighted by molar-refractivity contribution is 0.794. The van der Waals surface area contributed by atoms with Crippen molar-refractivity contribution in [3.8, 4) is 11.4 Å². The van der Waals surface area contributed by atoms with Crippen LogP contribution in [0.1, 0.15) is 5.56 Å². The van der Waals surface area contributed by atoms with Gasteiger partial charge in [-0.3, -0.25) is 4.98 Å². The van der Waals surface area contributed by atoms with Gasteiger partial charge in [-0.1, -0.05) is 41.0 Å². The van der Waals surface area contributed by atoms with Gasteiger partial charge in [-0.2, -0.15) is 0 Å². The maximum atomic E-state index is 6.27. The van der Waals surface area contributed by atoms with Crippen molar-refractivity contribution in [3.63, 3.8) is 0 Å². The van der Waals surface area contributed by atoms with Gasteiger partial charge in [-0.05, 0) is 48.0 Å². The van der Waals surface area contributed by atoms with Gasteiger partial charge in [0, 0.05) is 40.0 Å². The van der Waals surface area contributed by atoms with Gasteiger partial charge in [0.1, 0.15) is 0 Å². The molecule has 0 spiro atoms. The first-order valence-corrected chi connectivity index (χ1v) is 9.68. The summed E-state index contributed by atoms with van der Waals surface area (Å²) in [6.45, 7) is 0. The van der Waals surface area contributed by atoms with Gasteiger partial charge in [0.05, 0.1) is 5.52 Å². The third-order valence-electron chi connectivity index (χ3n) is 4.09. The number of thioether (sulfide) groups is 1. The van der Waals surface area contributed by atoms with Crippen LogP contribution in [0.25, 0.3) is 22.3 Å². The fraction of sp³-hybridized carbons (Fsp3) is 0.105. The summed E-state index contributed by atoms with van der Waals surface area (Å²) in [5.74, 6) is 1.54. The Morgan fingerprint density at radius 2 is 1.81 bits per heavy atom. The van der Waals surface area contributed by atoms with Crippen molar-refractivity contribution in [1.29, 1.82) is 0 Å². The average molecular weight is 401 g/mol. The third-order valence-corrected chi connectivity index (χ3v) is 5.74. The van der Waals surface area contributed by atoms with Crippen LogP contribution in [0.15, 0.2) is 59.9 Å². The number of rotatable bonds is 4. The zero-order chi connectivity index (χ0) is 18.1. The van der Waals surface area contributed by atoms with Crippen LogP contribution in [0.4, 0.5) is 0 Å². The second-order valence-corrected chi connectivity index (χ2v) is 7.55. The predicted octanol–water partition coefficient (Wildman–Crippen LogP) is 5.63. The molecule has 0 unspecified atom stereocenters. The average Bonchev–Trinajstić information content (AvgIpc) is 3.03. The smallest absolute Gasteiger partial charge is 0.191 e. The Kier molecular flexibility index (Phi) is 4.85. The minimum absolute atomic E-state index is 0.702. The summed E-state index contributed by atoms with van der Waals surface area (Å²) in [6, 6.07) is 15.4. The summed E-state index contributed by atoms with van der Waals surface area (Å²) < 4.78 is 1.99. The highest BCUT2D eigenvalue weighted by Crippen LogP contribution is 2.30. The van der Waals surface area contributed by atoms with Gasteiger partial charge in [0.2, 0.25) is 0 Å². The van der Waals surface area contributed by atoms with Crippen molar-refractivity contribution in [1.82, 2.24) is 19.7 Å².